The summed E-state index contributed by atoms with van der Waals surface area (Å²) in [5.41, 5.74) is 6.53. The largest absolute Gasteiger partial charge is 0.481 e. The van der Waals surface area contributed by atoms with Crippen molar-refractivity contribution in [1.82, 2.24) is 25.9 Å². The van der Waals surface area contributed by atoms with Gasteiger partial charge in [-0.3, -0.25) is 9.59 Å². The lowest BCUT2D eigenvalue weighted by molar-refractivity contribution is -0.138. The predicted octanol–water partition coefficient (Wildman–Crippen LogP) is 6.91. The molecule has 0 spiro atoms. The van der Waals surface area contributed by atoms with Crippen LogP contribution >= 0.6 is 23.2 Å². The van der Waals surface area contributed by atoms with Crippen molar-refractivity contribution in [2.45, 2.75) is 76.7 Å². The molecule has 1 saturated heterocycles. The van der Waals surface area contributed by atoms with Crippen LogP contribution < -0.4 is 30.2 Å². The van der Waals surface area contributed by atoms with Crippen molar-refractivity contribution in [3.63, 3.8) is 0 Å². The number of pyridine rings is 2. The monoisotopic (exact) mass is 747 g/mol. The van der Waals surface area contributed by atoms with Crippen LogP contribution in [0.25, 0.3) is 22.4 Å². The number of amides is 1. The molecule has 52 heavy (non-hydrogen) atoms. The molecule has 0 radical (unpaired) electrons. The molecular formula is C39H43Cl2N5O6. The number of carboxylic acid groups (broad SMARTS) is 1. The molecule has 2 aromatic heterocycles. The van der Waals surface area contributed by atoms with E-state index in [-0.39, 0.29) is 30.4 Å². The molecule has 11 nitrogen and oxygen atoms in total. The number of carboxylic acids is 1. The molecule has 6 rings (SSSR count). The Morgan fingerprint density at radius 3 is 2.38 bits per heavy atom. The first-order valence-corrected chi connectivity index (χ1v) is 18.0. The average Bonchev–Trinajstić information content (AvgIpc) is 3.73. The van der Waals surface area contributed by atoms with Gasteiger partial charge in [0, 0.05) is 59.9 Å². The van der Waals surface area contributed by atoms with Crippen LogP contribution in [0.4, 0.5) is 0 Å². The predicted molar refractivity (Wildman–Crippen MR) is 200 cm³/mol. The minimum atomic E-state index is -0.888. The lowest BCUT2D eigenvalue weighted by Gasteiger charge is -2.25. The highest BCUT2D eigenvalue weighted by molar-refractivity contribution is 6.36. The van der Waals surface area contributed by atoms with Gasteiger partial charge < -0.3 is 35.3 Å². The number of aromatic nitrogens is 2. The summed E-state index contributed by atoms with van der Waals surface area (Å²) in [4.78, 5) is 32.2. The highest BCUT2D eigenvalue weighted by atomic mass is 35.5. The Labute approximate surface area is 313 Å². The molecule has 13 heteroatoms. The van der Waals surface area contributed by atoms with Gasteiger partial charge in [0.1, 0.15) is 11.1 Å². The number of aliphatic carboxylic acids is 1. The zero-order valence-corrected chi connectivity index (χ0v) is 31.2. The third-order valence-electron chi connectivity index (χ3n) is 9.48. The van der Waals surface area contributed by atoms with Gasteiger partial charge in [-0.1, -0.05) is 65.7 Å². The summed E-state index contributed by atoms with van der Waals surface area (Å²) in [5, 5.41) is 19.8. The molecule has 1 aliphatic carbocycles. The Kier molecular flexibility index (Phi) is 11.5. The van der Waals surface area contributed by atoms with Crippen LogP contribution in [0.3, 0.4) is 0 Å². The fraction of sp³-hybridized carbons (Fsp3) is 0.385. The van der Waals surface area contributed by atoms with Crippen molar-refractivity contribution in [3.05, 3.63) is 86.9 Å². The van der Waals surface area contributed by atoms with Gasteiger partial charge in [-0.15, -0.1) is 0 Å². The summed E-state index contributed by atoms with van der Waals surface area (Å²) in [5.74, 6) is 0.333. The van der Waals surface area contributed by atoms with Crippen molar-refractivity contribution in [2.75, 3.05) is 20.8 Å². The zero-order chi connectivity index (χ0) is 37.0. The number of rotatable bonds is 15. The van der Waals surface area contributed by atoms with Gasteiger partial charge in [0.2, 0.25) is 23.5 Å². The van der Waals surface area contributed by atoms with E-state index in [0.29, 0.717) is 59.1 Å². The molecule has 2 aromatic carbocycles. The van der Waals surface area contributed by atoms with E-state index in [9.17, 15) is 14.7 Å². The standard InChI is InChI=1S/C39H43Cl2N5O6/c1-39(2,18-34(48)49)43-20-23-17-30(40)38(46-37(23)51-4)52-32-15-13-26-25(7-5-8-27(26)32)28-9-6-10-29(35(28)41)31-14-11-22(36(45-31)50-3)19-42-21-24-12-16-33(47)44-24/h5-11,14,17,24,32,42-43H,12-13,15-16,18-21H2,1-4H3,(H,44,47)(H,48,49)/t24-,32-/m0/s1. The van der Waals surface area contributed by atoms with E-state index in [2.05, 4.69) is 33.1 Å². The van der Waals surface area contributed by atoms with Crippen LogP contribution in [0.5, 0.6) is 17.6 Å². The number of benzene rings is 2. The molecule has 0 bridgehead atoms. The van der Waals surface area contributed by atoms with Crippen LogP contribution in [0, 0.1) is 0 Å². The molecule has 1 fully saturated rings. The summed E-state index contributed by atoms with van der Waals surface area (Å²) in [6.45, 7) is 5.19. The zero-order valence-electron chi connectivity index (χ0n) is 29.6. The number of hydrogen-bond acceptors (Lipinski definition) is 9. The van der Waals surface area contributed by atoms with E-state index in [0.717, 1.165) is 52.6 Å². The maximum absolute atomic E-state index is 11.5. The molecule has 1 aliphatic heterocycles. The lowest BCUT2D eigenvalue weighted by atomic mass is 9.94. The second-order valence-corrected chi connectivity index (χ2v) is 14.5. The number of methoxy groups -OCH3 is 2. The molecule has 4 aromatic rings. The fourth-order valence-corrected chi connectivity index (χ4v) is 7.40. The number of fused-ring (bicyclic) bond motifs is 1. The van der Waals surface area contributed by atoms with Crippen molar-refractivity contribution in [1.29, 1.82) is 0 Å². The lowest BCUT2D eigenvalue weighted by Crippen LogP contribution is -2.40. The van der Waals surface area contributed by atoms with Gasteiger partial charge in [-0.05, 0) is 61.9 Å². The first-order valence-electron chi connectivity index (χ1n) is 17.3. The molecule has 3 heterocycles. The Morgan fingerprint density at radius 2 is 1.65 bits per heavy atom. The van der Waals surface area contributed by atoms with Gasteiger partial charge >= 0.3 is 5.97 Å². The summed E-state index contributed by atoms with van der Waals surface area (Å²) in [6.07, 6.45) is 2.56. The minimum Gasteiger partial charge on any atom is -0.481 e. The van der Waals surface area contributed by atoms with E-state index in [1.165, 1.54) is 7.11 Å². The topological polar surface area (TPSA) is 144 Å². The SMILES string of the molecule is COc1nc(-c2cccc(-c3cccc4c3CC[C@@H]4Oc3nc(OC)c(CNC(C)(C)CC(=O)O)cc3Cl)c2Cl)ccc1CNC[C@@H]1CCC(=O)N1. The molecule has 1 amide bonds. The summed E-state index contributed by atoms with van der Waals surface area (Å²) < 4.78 is 17.7. The number of halogens is 2. The summed E-state index contributed by atoms with van der Waals surface area (Å²) in [7, 11) is 3.13. The molecule has 2 atom stereocenters. The Bertz CT molecular complexity index is 1970. The van der Waals surface area contributed by atoms with Crippen LogP contribution in [0.15, 0.2) is 54.6 Å². The van der Waals surface area contributed by atoms with E-state index in [1.54, 1.807) is 13.2 Å². The van der Waals surface area contributed by atoms with Crippen molar-refractivity contribution in [2.24, 2.45) is 0 Å². The maximum atomic E-state index is 11.5. The second-order valence-electron chi connectivity index (χ2n) is 13.7. The normalized spacial score (nSPS) is 16.8. The van der Waals surface area contributed by atoms with E-state index < -0.39 is 11.5 Å². The summed E-state index contributed by atoms with van der Waals surface area (Å²) >= 11 is 13.9. The van der Waals surface area contributed by atoms with Gasteiger partial charge in [-0.25, -0.2) is 4.98 Å². The van der Waals surface area contributed by atoms with E-state index in [1.807, 2.05) is 50.2 Å². The molecule has 4 N–H and O–H groups in total. The Balaban J connectivity index is 1.20. The van der Waals surface area contributed by atoms with Gasteiger partial charge in [-0.2, -0.15) is 4.98 Å². The second kappa shape index (κ2) is 16.1. The third kappa shape index (κ3) is 8.44. The van der Waals surface area contributed by atoms with Crippen LogP contribution in [0.1, 0.15) is 67.9 Å². The quantitative estimate of drug-likeness (QED) is 0.101. The highest BCUT2D eigenvalue weighted by Gasteiger charge is 2.30. The number of nitrogens with zero attached hydrogens (tertiary/aromatic N) is 2. The molecule has 0 saturated carbocycles. The third-order valence-corrected chi connectivity index (χ3v) is 10.2. The first-order chi connectivity index (χ1) is 25.0. The summed E-state index contributed by atoms with van der Waals surface area (Å²) in [6, 6.07) is 17.9. The van der Waals surface area contributed by atoms with Crippen LogP contribution in [-0.4, -0.2) is 59.3 Å². The molecule has 0 unspecified atom stereocenters. The smallest absolute Gasteiger partial charge is 0.305 e. The number of ether oxygens (including phenoxy) is 3. The minimum absolute atomic E-state index is 0.0439. The van der Waals surface area contributed by atoms with Crippen LogP contribution in [-0.2, 0) is 29.1 Å². The van der Waals surface area contributed by atoms with Gasteiger partial charge in [0.15, 0.2) is 0 Å². The Hall–Kier alpha value is -4.42. The van der Waals surface area contributed by atoms with E-state index in [4.69, 9.17) is 42.4 Å². The van der Waals surface area contributed by atoms with Gasteiger partial charge in [0.25, 0.3) is 0 Å². The molecule has 2 aliphatic rings. The number of hydrogen-bond donors (Lipinski definition) is 4. The molecule has 274 valence electrons. The fourth-order valence-electron chi connectivity index (χ4n) is 6.86. The molecular weight excluding hydrogens is 705 g/mol. The van der Waals surface area contributed by atoms with E-state index >= 15 is 0 Å². The van der Waals surface area contributed by atoms with Crippen LogP contribution in [0.2, 0.25) is 10.0 Å². The van der Waals surface area contributed by atoms with Gasteiger partial charge in [0.05, 0.1) is 31.4 Å². The average molecular weight is 749 g/mol. The number of carbonyl (C=O) groups is 2. The van der Waals surface area contributed by atoms with Crippen molar-refractivity contribution < 1.29 is 28.9 Å². The maximum Gasteiger partial charge on any atom is 0.305 e. The number of nitrogens with one attached hydrogen (secondary N) is 3. The first kappa shape index (κ1) is 37.3. The number of carbonyl (C=O) groups excluding carboxylic acids is 1. The highest BCUT2D eigenvalue weighted by Crippen LogP contribution is 2.44. The van der Waals surface area contributed by atoms with Crippen molar-refractivity contribution >= 4 is 35.1 Å². The van der Waals surface area contributed by atoms with Crippen molar-refractivity contribution in [3.8, 4) is 40.0 Å². The Morgan fingerprint density at radius 1 is 0.923 bits per heavy atom.